The smallest absolute Gasteiger partial charge is 0.328 e. The summed E-state index contributed by atoms with van der Waals surface area (Å²) in [5.74, 6) is -0.978. The minimum atomic E-state index is -1.13. The molecule has 0 aromatic rings. The van der Waals surface area contributed by atoms with Crippen LogP contribution in [0.3, 0.4) is 0 Å². The molecule has 2 aliphatic rings. The molecule has 7 nitrogen and oxygen atoms in total. The topological polar surface area (TPSA) is 87.7 Å². The van der Waals surface area contributed by atoms with Crippen LogP contribution in [0.25, 0.3) is 0 Å². The van der Waals surface area contributed by atoms with Crippen LogP contribution in [0.15, 0.2) is 0 Å². The van der Waals surface area contributed by atoms with E-state index in [1.54, 1.807) is 6.92 Å². The Balaban J connectivity index is 0.00000200. The van der Waals surface area contributed by atoms with E-state index in [9.17, 15) is 14.4 Å². The molecule has 2 heterocycles. The van der Waals surface area contributed by atoms with Gasteiger partial charge in [0.25, 0.3) is 0 Å². The molecule has 0 aromatic carbocycles. The molecule has 114 valence electrons. The average Bonchev–Trinajstić information content (AvgIpc) is 2.39. The van der Waals surface area contributed by atoms with Crippen LogP contribution >= 0.6 is 12.4 Å². The molecule has 2 rings (SSSR count). The number of rotatable bonds is 4. The largest absolute Gasteiger partial charge is 0.379 e. The van der Waals surface area contributed by atoms with E-state index in [0.717, 1.165) is 13.1 Å². The molecule has 0 radical (unpaired) electrons. The van der Waals surface area contributed by atoms with Crippen LogP contribution in [0, 0.1) is 5.41 Å². The van der Waals surface area contributed by atoms with E-state index in [4.69, 9.17) is 4.74 Å². The van der Waals surface area contributed by atoms with Crippen LogP contribution in [0.2, 0.25) is 0 Å². The van der Waals surface area contributed by atoms with Gasteiger partial charge in [0.1, 0.15) is 5.41 Å². The van der Waals surface area contributed by atoms with Crippen LogP contribution in [0.5, 0.6) is 0 Å². The van der Waals surface area contributed by atoms with Crippen molar-refractivity contribution in [1.82, 2.24) is 15.5 Å². The average molecular weight is 306 g/mol. The molecule has 2 aliphatic heterocycles. The van der Waals surface area contributed by atoms with Gasteiger partial charge < -0.3 is 4.74 Å². The van der Waals surface area contributed by atoms with Crippen LogP contribution in [-0.4, -0.2) is 55.6 Å². The van der Waals surface area contributed by atoms with Gasteiger partial charge in [-0.1, -0.05) is 6.92 Å². The number of halogens is 1. The first-order valence-electron chi connectivity index (χ1n) is 6.55. The maximum Gasteiger partial charge on any atom is 0.328 e. The second-order valence-corrected chi connectivity index (χ2v) is 4.88. The lowest BCUT2D eigenvalue weighted by molar-refractivity contribution is -0.145. The number of barbiturate groups is 1. The fourth-order valence-electron chi connectivity index (χ4n) is 2.48. The van der Waals surface area contributed by atoms with Gasteiger partial charge in [-0.2, -0.15) is 0 Å². The van der Waals surface area contributed by atoms with E-state index in [1.807, 2.05) is 0 Å². The minimum Gasteiger partial charge on any atom is -0.379 e. The van der Waals surface area contributed by atoms with E-state index >= 15 is 0 Å². The Morgan fingerprint density at radius 1 is 1.15 bits per heavy atom. The van der Waals surface area contributed by atoms with E-state index in [2.05, 4.69) is 15.5 Å². The third-order valence-corrected chi connectivity index (χ3v) is 3.89. The predicted molar refractivity (Wildman–Crippen MR) is 73.5 cm³/mol. The maximum atomic E-state index is 12.0. The summed E-state index contributed by atoms with van der Waals surface area (Å²) in [5, 5.41) is 4.37. The number of ether oxygens (including phenoxy) is 1. The summed E-state index contributed by atoms with van der Waals surface area (Å²) in [4.78, 5) is 37.3. The number of nitrogens with zero attached hydrogens (tertiary/aromatic N) is 1. The molecule has 4 amide bonds. The molecular formula is C12H20ClN3O4. The second kappa shape index (κ2) is 7.01. The van der Waals surface area contributed by atoms with Gasteiger partial charge >= 0.3 is 6.03 Å². The Bertz CT molecular complexity index is 376. The highest BCUT2D eigenvalue weighted by Gasteiger charge is 2.48. The number of carbonyl (C=O) groups is 3. The normalized spacial score (nSPS) is 22.8. The van der Waals surface area contributed by atoms with Crippen molar-refractivity contribution in [2.75, 3.05) is 32.8 Å². The zero-order valence-corrected chi connectivity index (χ0v) is 12.3. The van der Waals surface area contributed by atoms with Gasteiger partial charge in [-0.25, -0.2) is 4.79 Å². The van der Waals surface area contributed by atoms with Crippen molar-refractivity contribution in [2.45, 2.75) is 19.8 Å². The van der Waals surface area contributed by atoms with E-state index in [0.29, 0.717) is 32.6 Å². The number of urea groups is 1. The molecule has 0 unspecified atom stereocenters. The van der Waals surface area contributed by atoms with Crippen molar-refractivity contribution in [3.8, 4) is 0 Å². The van der Waals surface area contributed by atoms with Gasteiger partial charge in [0.2, 0.25) is 11.8 Å². The Kier molecular flexibility index (Phi) is 5.91. The molecular weight excluding hydrogens is 286 g/mol. The van der Waals surface area contributed by atoms with E-state index < -0.39 is 23.3 Å². The van der Waals surface area contributed by atoms with Gasteiger partial charge in [-0.15, -0.1) is 12.4 Å². The Morgan fingerprint density at radius 2 is 1.70 bits per heavy atom. The molecule has 0 atom stereocenters. The Morgan fingerprint density at radius 3 is 2.20 bits per heavy atom. The fourth-order valence-corrected chi connectivity index (χ4v) is 2.48. The zero-order valence-electron chi connectivity index (χ0n) is 11.4. The van der Waals surface area contributed by atoms with Crippen LogP contribution in [-0.2, 0) is 14.3 Å². The van der Waals surface area contributed by atoms with Crippen molar-refractivity contribution in [2.24, 2.45) is 5.41 Å². The molecule has 0 spiro atoms. The summed E-state index contributed by atoms with van der Waals surface area (Å²) >= 11 is 0. The molecule has 2 saturated heterocycles. The summed E-state index contributed by atoms with van der Waals surface area (Å²) < 4.78 is 5.25. The van der Waals surface area contributed by atoms with Crippen LogP contribution in [0.4, 0.5) is 4.79 Å². The lowest BCUT2D eigenvalue weighted by Crippen LogP contribution is -2.62. The molecule has 0 aliphatic carbocycles. The van der Waals surface area contributed by atoms with Gasteiger partial charge in [-0.3, -0.25) is 25.1 Å². The first-order chi connectivity index (χ1) is 9.08. The maximum absolute atomic E-state index is 12.0. The molecule has 20 heavy (non-hydrogen) atoms. The van der Waals surface area contributed by atoms with Crippen molar-refractivity contribution in [3.05, 3.63) is 0 Å². The first kappa shape index (κ1) is 16.9. The summed E-state index contributed by atoms with van der Waals surface area (Å²) in [6, 6.07) is -0.731. The quantitative estimate of drug-likeness (QED) is 0.708. The molecule has 8 heteroatoms. The second-order valence-electron chi connectivity index (χ2n) is 4.88. The third kappa shape index (κ3) is 3.28. The number of hydrogen-bond donors (Lipinski definition) is 2. The summed E-state index contributed by atoms with van der Waals surface area (Å²) in [5.41, 5.74) is -1.13. The summed E-state index contributed by atoms with van der Waals surface area (Å²) in [7, 11) is 0. The summed E-state index contributed by atoms with van der Waals surface area (Å²) in [6.45, 7) is 5.40. The monoisotopic (exact) mass is 305 g/mol. The van der Waals surface area contributed by atoms with Crippen molar-refractivity contribution in [3.63, 3.8) is 0 Å². The van der Waals surface area contributed by atoms with Gasteiger partial charge in [-0.05, 0) is 19.4 Å². The van der Waals surface area contributed by atoms with Crippen molar-refractivity contribution >= 4 is 30.3 Å². The third-order valence-electron chi connectivity index (χ3n) is 3.89. The first-order valence-corrected chi connectivity index (χ1v) is 6.55. The van der Waals surface area contributed by atoms with E-state index in [1.165, 1.54) is 0 Å². The zero-order chi connectivity index (χ0) is 13.9. The number of hydrogen-bond acceptors (Lipinski definition) is 5. The fraction of sp³-hybridized carbons (Fsp3) is 0.750. The van der Waals surface area contributed by atoms with Gasteiger partial charge in [0.05, 0.1) is 13.2 Å². The number of amides is 4. The minimum absolute atomic E-state index is 0. The molecule has 0 aromatic heterocycles. The highest BCUT2D eigenvalue weighted by molar-refractivity contribution is 6.19. The lowest BCUT2D eigenvalue weighted by atomic mass is 9.78. The highest BCUT2D eigenvalue weighted by Crippen LogP contribution is 2.29. The van der Waals surface area contributed by atoms with Crippen molar-refractivity contribution in [1.29, 1.82) is 0 Å². The van der Waals surface area contributed by atoms with Gasteiger partial charge in [0.15, 0.2) is 0 Å². The molecule has 0 saturated carbocycles. The predicted octanol–water partition coefficient (Wildman–Crippen LogP) is -0.107. The Hall–Kier alpha value is -1.18. The van der Waals surface area contributed by atoms with E-state index in [-0.39, 0.29) is 12.4 Å². The van der Waals surface area contributed by atoms with Gasteiger partial charge in [0, 0.05) is 13.1 Å². The van der Waals surface area contributed by atoms with Crippen molar-refractivity contribution < 1.29 is 19.1 Å². The summed E-state index contributed by atoms with van der Waals surface area (Å²) in [6.07, 6.45) is 0.788. The van der Waals surface area contributed by atoms with Crippen LogP contribution in [0.1, 0.15) is 19.8 Å². The Labute approximate surface area is 123 Å². The highest BCUT2D eigenvalue weighted by atomic mass is 35.5. The standard InChI is InChI=1S/C12H19N3O4.ClH/c1-2-12(3-4-15-5-7-19-8-6-15)9(16)13-11(18)14-10(12)17;/h2-8H2,1H3,(H2,13,14,16,17,18);1H. The number of imide groups is 2. The lowest BCUT2D eigenvalue weighted by Gasteiger charge is -2.35. The molecule has 2 N–H and O–H groups in total. The molecule has 0 bridgehead atoms. The number of morpholine rings is 1. The van der Waals surface area contributed by atoms with Crippen LogP contribution < -0.4 is 10.6 Å². The number of carbonyl (C=O) groups excluding carboxylic acids is 3. The number of nitrogens with one attached hydrogen (secondary N) is 2. The molecule has 2 fully saturated rings. The SMILES string of the molecule is CCC1(CCN2CCOCC2)C(=O)NC(=O)NC1=O.Cl.